The summed E-state index contributed by atoms with van der Waals surface area (Å²) in [6, 6.07) is 10.7. The molecule has 1 heterocycles. The molecule has 0 radical (unpaired) electrons. The van der Waals surface area contributed by atoms with Crippen molar-refractivity contribution in [2.75, 3.05) is 0 Å². The van der Waals surface area contributed by atoms with Crippen LogP contribution in [-0.2, 0) is 24.2 Å². The highest BCUT2D eigenvalue weighted by atomic mass is 16.4. The van der Waals surface area contributed by atoms with E-state index in [9.17, 15) is 19.5 Å². The van der Waals surface area contributed by atoms with Crippen LogP contribution in [0, 0.1) is 11.3 Å². The minimum absolute atomic E-state index is 0.0395. The van der Waals surface area contributed by atoms with Gasteiger partial charge in [0.2, 0.25) is 0 Å². The molecule has 7 nitrogen and oxygen atoms in total. The minimum Gasteiger partial charge on any atom is -0.480 e. The van der Waals surface area contributed by atoms with Gasteiger partial charge < -0.3 is 15.0 Å². The molecule has 0 saturated heterocycles. The lowest BCUT2D eigenvalue weighted by molar-refractivity contribution is -0.143. The van der Waals surface area contributed by atoms with E-state index in [1.807, 2.05) is 0 Å². The molecule has 0 atom stereocenters. The number of benzene rings is 1. The molecular weight excluding hydrogens is 394 g/mol. The standard InChI is InChI=1S/C24H27N3O4/c1-24(2,23(30)31)26-21(28)19-13-18-7-5-3-4-6-8-20(18)27(22(19)29)15-17-11-9-16(14-25)10-12-17/h9-13H,3-8,15H2,1-2H3,(H,26,28)(H,30,31). The average molecular weight is 421 g/mol. The van der Waals surface area contributed by atoms with Crippen LogP contribution in [-0.4, -0.2) is 27.1 Å². The second-order valence-corrected chi connectivity index (χ2v) is 8.53. The fraction of sp³-hybridized carbons (Fsp3) is 0.417. The number of carbonyl (C=O) groups is 2. The van der Waals surface area contributed by atoms with E-state index in [2.05, 4.69) is 11.4 Å². The van der Waals surface area contributed by atoms with Gasteiger partial charge in [-0.25, -0.2) is 4.79 Å². The van der Waals surface area contributed by atoms with Crippen LogP contribution >= 0.6 is 0 Å². The zero-order valence-corrected chi connectivity index (χ0v) is 17.9. The zero-order chi connectivity index (χ0) is 22.6. The Morgan fingerprint density at radius 3 is 2.39 bits per heavy atom. The van der Waals surface area contributed by atoms with Gasteiger partial charge in [-0.15, -0.1) is 0 Å². The number of aryl methyl sites for hydroxylation is 1. The smallest absolute Gasteiger partial charge is 0.328 e. The van der Waals surface area contributed by atoms with Crippen LogP contribution in [0.25, 0.3) is 0 Å². The number of rotatable bonds is 5. The number of carbonyl (C=O) groups excluding carboxylic acids is 1. The first-order chi connectivity index (χ1) is 14.7. The molecule has 31 heavy (non-hydrogen) atoms. The first-order valence-electron chi connectivity index (χ1n) is 10.5. The summed E-state index contributed by atoms with van der Waals surface area (Å²) >= 11 is 0. The lowest BCUT2D eigenvalue weighted by Gasteiger charge is -2.24. The maximum atomic E-state index is 13.4. The van der Waals surface area contributed by atoms with Crippen LogP contribution in [0.5, 0.6) is 0 Å². The maximum Gasteiger partial charge on any atom is 0.328 e. The summed E-state index contributed by atoms with van der Waals surface area (Å²) in [6.07, 6.45) is 5.66. The third kappa shape index (κ3) is 5.02. The summed E-state index contributed by atoms with van der Waals surface area (Å²) in [5, 5.41) is 20.8. The topological polar surface area (TPSA) is 112 Å². The number of fused-ring (bicyclic) bond motifs is 1. The SMILES string of the molecule is CC(C)(NC(=O)c1cc2c(n(Cc3ccc(C#N)cc3)c1=O)CCCCCC2)C(=O)O. The number of nitrogens with zero attached hydrogens (tertiary/aromatic N) is 2. The quantitative estimate of drug-likeness (QED) is 0.771. The fourth-order valence-electron chi connectivity index (χ4n) is 3.84. The maximum absolute atomic E-state index is 13.4. The molecule has 3 rings (SSSR count). The Kier molecular flexibility index (Phi) is 6.59. The number of nitriles is 1. The van der Waals surface area contributed by atoms with E-state index in [1.165, 1.54) is 13.8 Å². The Balaban J connectivity index is 2.08. The lowest BCUT2D eigenvalue weighted by Crippen LogP contribution is -2.51. The Morgan fingerprint density at radius 2 is 1.77 bits per heavy atom. The number of carboxylic acid groups (broad SMARTS) is 1. The molecule has 162 valence electrons. The van der Waals surface area contributed by atoms with Crippen LogP contribution in [0.2, 0.25) is 0 Å². The Bertz CT molecular complexity index is 1090. The van der Waals surface area contributed by atoms with Gasteiger partial charge in [0.05, 0.1) is 18.2 Å². The first-order valence-corrected chi connectivity index (χ1v) is 10.5. The van der Waals surface area contributed by atoms with Crippen molar-refractivity contribution in [3.05, 3.63) is 68.6 Å². The van der Waals surface area contributed by atoms with Crippen molar-refractivity contribution in [1.82, 2.24) is 9.88 Å². The van der Waals surface area contributed by atoms with Gasteiger partial charge in [-0.3, -0.25) is 9.59 Å². The summed E-state index contributed by atoms with van der Waals surface area (Å²) in [7, 11) is 0. The number of aliphatic carboxylic acids is 1. The zero-order valence-electron chi connectivity index (χ0n) is 17.9. The Morgan fingerprint density at radius 1 is 1.13 bits per heavy atom. The molecule has 2 aromatic rings. The molecule has 2 N–H and O–H groups in total. The number of pyridine rings is 1. The number of hydrogen-bond donors (Lipinski definition) is 2. The lowest BCUT2D eigenvalue weighted by atomic mass is 9.95. The highest BCUT2D eigenvalue weighted by Crippen LogP contribution is 2.21. The van der Waals surface area contributed by atoms with E-state index in [4.69, 9.17) is 5.26 Å². The third-order valence-corrected chi connectivity index (χ3v) is 5.73. The van der Waals surface area contributed by atoms with E-state index in [-0.39, 0.29) is 12.1 Å². The van der Waals surface area contributed by atoms with E-state index in [1.54, 1.807) is 34.9 Å². The first kappa shape index (κ1) is 22.3. The summed E-state index contributed by atoms with van der Waals surface area (Å²) < 4.78 is 1.64. The number of amides is 1. The molecule has 0 fully saturated rings. The fourth-order valence-corrected chi connectivity index (χ4v) is 3.84. The molecule has 7 heteroatoms. The molecule has 0 unspecified atom stereocenters. The normalized spacial score (nSPS) is 14.0. The van der Waals surface area contributed by atoms with E-state index in [0.29, 0.717) is 5.56 Å². The Labute approximate surface area is 181 Å². The van der Waals surface area contributed by atoms with Gasteiger partial charge in [0.15, 0.2) is 0 Å². The van der Waals surface area contributed by atoms with Crippen LogP contribution < -0.4 is 10.9 Å². The molecule has 1 aliphatic carbocycles. The van der Waals surface area contributed by atoms with Crippen LogP contribution in [0.1, 0.15) is 72.3 Å². The largest absolute Gasteiger partial charge is 0.480 e. The molecule has 1 amide bonds. The van der Waals surface area contributed by atoms with Gasteiger partial charge in [0.1, 0.15) is 11.1 Å². The molecule has 1 aromatic heterocycles. The van der Waals surface area contributed by atoms with Gasteiger partial charge in [-0.2, -0.15) is 5.26 Å². The van der Waals surface area contributed by atoms with Gasteiger partial charge in [0.25, 0.3) is 11.5 Å². The van der Waals surface area contributed by atoms with Crippen LogP contribution in [0.4, 0.5) is 0 Å². The second-order valence-electron chi connectivity index (χ2n) is 8.53. The van der Waals surface area contributed by atoms with Crippen molar-refractivity contribution in [2.24, 2.45) is 0 Å². The van der Waals surface area contributed by atoms with E-state index < -0.39 is 23.0 Å². The highest BCUT2D eigenvalue weighted by Gasteiger charge is 2.31. The van der Waals surface area contributed by atoms with Crippen molar-refractivity contribution < 1.29 is 14.7 Å². The summed E-state index contributed by atoms with van der Waals surface area (Å²) in [5.41, 5.74) is 1.33. The molecule has 0 saturated carbocycles. The molecule has 0 aliphatic heterocycles. The van der Waals surface area contributed by atoms with E-state index >= 15 is 0 Å². The number of carboxylic acids is 1. The molecule has 1 aliphatic rings. The molecule has 0 spiro atoms. The number of hydrogen-bond acceptors (Lipinski definition) is 4. The van der Waals surface area contributed by atoms with Gasteiger partial charge >= 0.3 is 5.97 Å². The highest BCUT2D eigenvalue weighted by molar-refractivity contribution is 5.97. The molecule has 0 bridgehead atoms. The minimum atomic E-state index is -1.49. The van der Waals surface area contributed by atoms with Crippen molar-refractivity contribution in [1.29, 1.82) is 5.26 Å². The third-order valence-electron chi connectivity index (χ3n) is 5.73. The molecular formula is C24H27N3O4. The predicted octanol–water partition coefficient (Wildman–Crippen LogP) is 3.02. The van der Waals surface area contributed by atoms with Crippen molar-refractivity contribution >= 4 is 11.9 Å². The summed E-state index contributed by atoms with van der Waals surface area (Å²) in [4.78, 5) is 37.7. The van der Waals surface area contributed by atoms with Crippen LogP contribution in [0.3, 0.4) is 0 Å². The van der Waals surface area contributed by atoms with Crippen molar-refractivity contribution in [2.45, 2.75) is 64.5 Å². The second kappa shape index (κ2) is 9.17. The summed E-state index contributed by atoms with van der Waals surface area (Å²) in [5.74, 6) is -1.86. The van der Waals surface area contributed by atoms with E-state index in [0.717, 1.165) is 55.3 Å². The molecule has 1 aromatic carbocycles. The van der Waals surface area contributed by atoms with Gasteiger partial charge in [-0.05, 0) is 68.9 Å². The van der Waals surface area contributed by atoms with Crippen molar-refractivity contribution in [3.8, 4) is 6.07 Å². The summed E-state index contributed by atoms with van der Waals surface area (Å²) in [6.45, 7) is 3.06. The monoisotopic (exact) mass is 421 g/mol. The number of nitrogens with one attached hydrogen (secondary N) is 1. The average Bonchev–Trinajstić information content (AvgIpc) is 2.71. The van der Waals surface area contributed by atoms with Gasteiger partial charge in [0, 0.05) is 5.69 Å². The van der Waals surface area contributed by atoms with Crippen LogP contribution in [0.15, 0.2) is 35.1 Å². The number of aromatic nitrogens is 1. The predicted molar refractivity (Wildman–Crippen MR) is 116 cm³/mol. The van der Waals surface area contributed by atoms with Crippen molar-refractivity contribution in [3.63, 3.8) is 0 Å². The Hall–Kier alpha value is -3.40. The van der Waals surface area contributed by atoms with Gasteiger partial charge in [-0.1, -0.05) is 25.0 Å².